The summed E-state index contributed by atoms with van der Waals surface area (Å²) in [6, 6.07) is 57.1. The third kappa shape index (κ3) is 41.0. The van der Waals surface area contributed by atoms with Crippen molar-refractivity contribution >= 4 is 0 Å². The topological polar surface area (TPSA) is 104 Å². The van der Waals surface area contributed by atoms with Crippen molar-refractivity contribution in [3.05, 3.63) is 289 Å². The normalized spacial score (nSPS) is 8.69. The molecular formula is C80H125N13. The minimum atomic E-state index is 0.972. The molecule has 0 atom stereocenters. The Balaban J connectivity index is -0.000000476. The number of hydrogen-bond donors (Lipinski definition) is 0. The van der Waals surface area contributed by atoms with E-state index in [1.54, 1.807) is 10.9 Å². The van der Waals surface area contributed by atoms with Gasteiger partial charge in [-0.25, -0.2) is 14.0 Å². The molecule has 0 fully saturated rings. The molecule has 0 aliphatic heterocycles. The van der Waals surface area contributed by atoms with Crippen LogP contribution in [0, 0.1) is 55.4 Å². The Hall–Kier alpha value is -9.23. The van der Waals surface area contributed by atoms with Crippen molar-refractivity contribution in [1.82, 2.24) is 62.6 Å². The molecule has 0 saturated heterocycles. The van der Waals surface area contributed by atoms with E-state index in [4.69, 9.17) is 0 Å². The summed E-state index contributed by atoms with van der Waals surface area (Å²) in [7, 11) is 7.89. The largest absolute Gasteiger partial charge is 0.357 e. The maximum atomic E-state index is 4.30. The van der Waals surface area contributed by atoms with Crippen LogP contribution in [0.4, 0.5) is 0 Å². The highest BCUT2D eigenvalue weighted by Gasteiger charge is 1.99. The van der Waals surface area contributed by atoms with Crippen molar-refractivity contribution in [2.24, 2.45) is 28.2 Å². The fraction of sp³-hybridized carbons (Fsp3) is 0.362. The highest BCUT2D eigenvalue weighted by Crippen LogP contribution is 2.10. The summed E-state index contributed by atoms with van der Waals surface area (Å²) < 4.78 is 15.6. The minimum Gasteiger partial charge on any atom is -0.357 e. The lowest BCUT2D eigenvalue weighted by Crippen LogP contribution is -1.99. The highest BCUT2D eigenvalue weighted by molar-refractivity contribution is 5.33. The zero-order valence-corrected chi connectivity index (χ0v) is 63.0. The summed E-state index contributed by atoms with van der Waals surface area (Å²) in [5.74, 6) is 0. The number of benzene rings is 4. The molecule has 0 spiro atoms. The van der Waals surface area contributed by atoms with Crippen LogP contribution in [-0.4, -0.2) is 62.6 Å². The van der Waals surface area contributed by atoms with Gasteiger partial charge in [0, 0.05) is 113 Å². The summed E-state index contributed by atoms with van der Waals surface area (Å²) in [5, 5.41) is 20.6. The summed E-state index contributed by atoms with van der Waals surface area (Å²) in [6.07, 6.45) is 21.5. The van der Waals surface area contributed by atoms with Crippen LogP contribution in [0.3, 0.4) is 0 Å². The van der Waals surface area contributed by atoms with Crippen LogP contribution in [0.1, 0.15) is 162 Å². The van der Waals surface area contributed by atoms with Gasteiger partial charge in [0.25, 0.3) is 0 Å². The fourth-order valence-electron chi connectivity index (χ4n) is 7.11. The molecule has 0 aliphatic rings. The van der Waals surface area contributed by atoms with Gasteiger partial charge in [-0.05, 0) is 163 Å². The predicted molar refractivity (Wildman–Crippen MR) is 407 cm³/mol. The van der Waals surface area contributed by atoms with Crippen molar-refractivity contribution in [1.29, 1.82) is 0 Å². The summed E-state index contributed by atoms with van der Waals surface area (Å²) in [6.45, 7) is 49.4. The number of rotatable bonds is 5. The number of hydrogen-bond acceptors (Lipinski definition) is 5. The van der Waals surface area contributed by atoms with E-state index < -0.39 is 0 Å². The lowest BCUT2D eigenvalue weighted by atomic mass is 10.2. The number of aromatic nitrogens is 13. The smallest absolute Gasteiger partial charge is 0.0648 e. The van der Waals surface area contributed by atoms with Gasteiger partial charge in [0.15, 0.2) is 0 Å². The Kier molecular flexibility index (Phi) is 58.5. The molecule has 0 unspecified atom stereocenters. The molecule has 0 N–H and O–H groups in total. The molecule has 0 aliphatic carbocycles. The van der Waals surface area contributed by atoms with E-state index in [-0.39, 0.29) is 0 Å². The molecule has 12 rings (SSSR count). The standard InChI is InChI=1S/C12H13N.3C10H10N2.2C6H9N.2C5H8N2.8C2H6/c1-11-6-5-9-13(11)10-12-7-3-2-4-8-12;1-9-7-11-12(8-9)10-5-3-2-4-6-10;1-9-7-8-12(11-9)10-5-3-2-4-6-10;1-9-7-8-11-12(9)10-5-3-2-4-6-10;1-6-3-4-7(2)5-6;1-6-4-3-5-7(6)2;1-5-3-6-7(2)4-5;1-5-3-4-6-7(5)2;8*1-2/h2-9H,10H2,1H3;3*2-8H,1H3;2*3-5H,1-2H3;2*3-4H,1-2H3;8*1-2H3. The molecule has 0 saturated carbocycles. The second-order valence-corrected chi connectivity index (χ2v) is 18.4. The summed E-state index contributed by atoms with van der Waals surface area (Å²) in [5.41, 5.74) is 14.4. The van der Waals surface area contributed by atoms with Crippen molar-refractivity contribution in [3.63, 3.8) is 0 Å². The van der Waals surface area contributed by atoms with Crippen molar-refractivity contribution in [2.75, 3.05) is 0 Å². The molecule has 0 amide bonds. The highest BCUT2D eigenvalue weighted by atomic mass is 15.3. The molecule has 8 aromatic heterocycles. The van der Waals surface area contributed by atoms with Gasteiger partial charge in [-0.2, -0.15) is 25.5 Å². The van der Waals surface area contributed by atoms with Gasteiger partial charge in [0.1, 0.15) is 0 Å². The third-order valence-electron chi connectivity index (χ3n) is 11.6. The first kappa shape index (κ1) is 90.2. The maximum Gasteiger partial charge on any atom is 0.0648 e. The second kappa shape index (κ2) is 60.3. The number of nitrogens with zero attached hydrogens (tertiary/aromatic N) is 13. The average Bonchev–Trinajstić information content (AvgIpc) is 1.99. The molecule has 8 heterocycles. The van der Waals surface area contributed by atoms with Crippen LogP contribution < -0.4 is 0 Å². The number of para-hydroxylation sites is 3. The van der Waals surface area contributed by atoms with Gasteiger partial charge < -0.3 is 13.7 Å². The first-order valence-electron chi connectivity index (χ1n) is 33.6. The summed E-state index contributed by atoms with van der Waals surface area (Å²) in [4.78, 5) is 0. The van der Waals surface area contributed by atoms with E-state index in [0.29, 0.717) is 0 Å². The lowest BCUT2D eigenvalue weighted by Gasteiger charge is -2.05. The molecule has 4 aromatic carbocycles. The maximum absolute atomic E-state index is 4.30. The van der Waals surface area contributed by atoms with Crippen LogP contribution in [0.15, 0.2) is 238 Å². The molecule has 0 radical (unpaired) electrons. The van der Waals surface area contributed by atoms with Gasteiger partial charge in [-0.3, -0.25) is 9.36 Å². The molecule has 93 heavy (non-hydrogen) atoms. The van der Waals surface area contributed by atoms with Gasteiger partial charge in [-0.1, -0.05) is 196 Å². The first-order chi connectivity index (χ1) is 45.1. The minimum absolute atomic E-state index is 0.972. The average molecular weight is 1270 g/mol. The van der Waals surface area contributed by atoms with Crippen LogP contribution in [0.2, 0.25) is 0 Å². The Labute approximate surface area is 566 Å². The first-order valence-corrected chi connectivity index (χ1v) is 33.6. The van der Waals surface area contributed by atoms with Crippen LogP contribution >= 0.6 is 0 Å². The van der Waals surface area contributed by atoms with E-state index in [0.717, 1.165) is 35.0 Å². The van der Waals surface area contributed by atoms with Crippen LogP contribution in [-0.2, 0) is 34.7 Å². The van der Waals surface area contributed by atoms with Gasteiger partial charge >= 0.3 is 0 Å². The molecule has 510 valence electrons. The third-order valence-corrected chi connectivity index (χ3v) is 11.6. The zero-order chi connectivity index (χ0) is 71.4. The van der Waals surface area contributed by atoms with E-state index in [1.165, 1.54) is 39.3 Å². The van der Waals surface area contributed by atoms with Crippen molar-refractivity contribution < 1.29 is 0 Å². The second-order valence-electron chi connectivity index (χ2n) is 18.4. The molecule has 12 aromatic rings. The lowest BCUT2D eigenvalue weighted by molar-refractivity contribution is 0.740. The van der Waals surface area contributed by atoms with E-state index >= 15 is 0 Å². The van der Waals surface area contributed by atoms with E-state index in [9.17, 15) is 0 Å². The van der Waals surface area contributed by atoms with Crippen LogP contribution in [0.5, 0.6) is 0 Å². The monoisotopic (exact) mass is 1270 g/mol. The molecule has 13 nitrogen and oxygen atoms in total. The molecular weight excluding hydrogens is 1140 g/mol. The Morgan fingerprint density at radius 2 is 0.774 bits per heavy atom. The Morgan fingerprint density at radius 3 is 1.06 bits per heavy atom. The zero-order valence-electron chi connectivity index (χ0n) is 63.0. The Morgan fingerprint density at radius 1 is 0.323 bits per heavy atom. The molecule has 0 bridgehead atoms. The fourth-order valence-corrected chi connectivity index (χ4v) is 7.11. The van der Waals surface area contributed by atoms with Crippen LogP contribution in [0.25, 0.3) is 17.1 Å². The summed E-state index contributed by atoms with van der Waals surface area (Å²) >= 11 is 0. The number of aryl methyl sites for hydroxylation is 12. The molecule has 13 heteroatoms. The Bertz CT molecular complexity index is 3200. The predicted octanol–water partition coefficient (Wildman–Crippen LogP) is 21.7. The van der Waals surface area contributed by atoms with Crippen molar-refractivity contribution in [2.45, 2.75) is 173 Å². The van der Waals surface area contributed by atoms with Gasteiger partial charge in [0.2, 0.25) is 0 Å². The van der Waals surface area contributed by atoms with Crippen molar-refractivity contribution in [3.8, 4) is 17.1 Å². The van der Waals surface area contributed by atoms with E-state index in [2.05, 4.69) is 116 Å². The van der Waals surface area contributed by atoms with Gasteiger partial charge in [0.05, 0.1) is 35.1 Å². The SMILES string of the molecule is CC.CC.CC.CC.CC.CC.CC.CC.Cc1cccn1C.Cc1cccn1Cc1ccccc1.Cc1ccn(-c2ccccc2)n1.Cc1ccn(C)c1.Cc1ccnn1-c1ccccc1.Cc1ccnn1C.Cc1cnn(-c2ccccc2)c1.Cc1cnn(C)c1. The van der Waals surface area contributed by atoms with E-state index in [1.807, 2.05) is 368 Å². The van der Waals surface area contributed by atoms with Gasteiger partial charge in [-0.15, -0.1) is 0 Å². The quantitative estimate of drug-likeness (QED) is 0.171.